The van der Waals surface area contributed by atoms with Gasteiger partial charge in [-0.1, -0.05) is 6.07 Å². The summed E-state index contributed by atoms with van der Waals surface area (Å²) in [4.78, 5) is 4.21. The van der Waals surface area contributed by atoms with E-state index in [4.69, 9.17) is 10.2 Å². The molecule has 0 fully saturated rings. The third kappa shape index (κ3) is 2.11. The lowest BCUT2D eigenvalue weighted by Crippen LogP contribution is -2.12. The van der Waals surface area contributed by atoms with Crippen molar-refractivity contribution in [3.8, 4) is 0 Å². The standard InChI is InChI=1S/C15H13FN2O/c1-9-12(3-2-6-18-9)15(17)14-8-10-7-11(16)4-5-13(10)19-14/h2-8,15H,17H2,1H3. The van der Waals surface area contributed by atoms with Crippen molar-refractivity contribution in [3.63, 3.8) is 0 Å². The molecule has 2 aromatic heterocycles. The number of halogens is 1. The van der Waals surface area contributed by atoms with Crippen molar-refractivity contribution in [2.45, 2.75) is 13.0 Å². The van der Waals surface area contributed by atoms with Crippen LogP contribution in [0.5, 0.6) is 0 Å². The summed E-state index contributed by atoms with van der Waals surface area (Å²) in [6.07, 6.45) is 1.72. The number of hydrogen-bond acceptors (Lipinski definition) is 3. The minimum Gasteiger partial charge on any atom is -0.459 e. The van der Waals surface area contributed by atoms with E-state index in [2.05, 4.69) is 4.98 Å². The first-order valence-corrected chi connectivity index (χ1v) is 6.01. The molecule has 0 bridgehead atoms. The van der Waals surface area contributed by atoms with Gasteiger partial charge in [0.1, 0.15) is 17.2 Å². The SMILES string of the molecule is Cc1ncccc1C(N)c1cc2cc(F)ccc2o1. The fourth-order valence-corrected chi connectivity index (χ4v) is 2.17. The van der Waals surface area contributed by atoms with Crippen molar-refractivity contribution >= 4 is 11.0 Å². The van der Waals surface area contributed by atoms with Gasteiger partial charge >= 0.3 is 0 Å². The number of hydrogen-bond donors (Lipinski definition) is 1. The molecule has 1 aromatic carbocycles. The first-order chi connectivity index (χ1) is 9.15. The number of rotatable bonds is 2. The Bertz CT molecular complexity index is 736. The molecule has 4 heteroatoms. The Morgan fingerprint density at radius 1 is 1.26 bits per heavy atom. The highest BCUT2D eigenvalue weighted by molar-refractivity contribution is 5.78. The Morgan fingerprint density at radius 2 is 2.11 bits per heavy atom. The first kappa shape index (κ1) is 11.9. The number of furan rings is 1. The lowest BCUT2D eigenvalue weighted by molar-refractivity contribution is 0.523. The molecule has 0 aliphatic rings. The average molecular weight is 256 g/mol. The van der Waals surface area contributed by atoms with Crippen LogP contribution in [0, 0.1) is 12.7 Å². The van der Waals surface area contributed by atoms with Crippen LogP contribution in [0.2, 0.25) is 0 Å². The second kappa shape index (κ2) is 4.48. The van der Waals surface area contributed by atoms with Gasteiger partial charge in [0, 0.05) is 17.3 Å². The van der Waals surface area contributed by atoms with Gasteiger partial charge < -0.3 is 10.2 Å². The molecule has 1 unspecified atom stereocenters. The molecule has 0 spiro atoms. The lowest BCUT2D eigenvalue weighted by Gasteiger charge is -2.10. The van der Waals surface area contributed by atoms with E-state index < -0.39 is 6.04 Å². The van der Waals surface area contributed by atoms with Crippen LogP contribution in [0.1, 0.15) is 23.1 Å². The smallest absolute Gasteiger partial charge is 0.134 e. The molecule has 3 nitrogen and oxygen atoms in total. The number of aryl methyl sites for hydroxylation is 1. The maximum absolute atomic E-state index is 13.2. The monoisotopic (exact) mass is 256 g/mol. The minimum atomic E-state index is -0.399. The highest BCUT2D eigenvalue weighted by Gasteiger charge is 2.16. The Labute approximate surface area is 109 Å². The predicted octanol–water partition coefficient (Wildman–Crippen LogP) is 3.32. The third-order valence-corrected chi connectivity index (χ3v) is 3.19. The molecule has 0 amide bonds. The largest absolute Gasteiger partial charge is 0.459 e. The van der Waals surface area contributed by atoms with E-state index in [1.54, 1.807) is 18.3 Å². The van der Waals surface area contributed by atoms with Crippen LogP contribution in [-0.4, -0.2) is 4.98 Å². The lowest BCUT2D eigenvalue weighted by atomic mass is 10.0. The molecular weight excluding hydrogens is 243 g/mol. The van der Waals surface area contributed by atoms with Gasteiger partial charge in [-0.05, 0) is 42.8 Å². The Kier molecular flexibility index (Phi) is 2.80. The van der Waals surface area contributed by atoms with Crippen LogP contribution in [0.4, 0.5) is 4.39 Å². The zero-order valence-electron chi connectivity index (χ0n) is 10.4. The summed E-state index contributed by atoms with van der Waals surface area (Å²) in [6.45, 7) is 1.90. The number of fused-ring (bicyclic) bond motifs is 1. The molecule has 3 rings (SSSR count). The van der Waals surface area contributed by atoms with Gasteiger partial charge in [0.15, 0.2) is 0 Å². The van der Waals surface area contributed by atoms with Crippen molar-refractivity contribution in [2.24, 2.45) is 5.73 Å². The molecule has 3 aromatic rings. The number of nitrogens with two attached hydrogens (primary N) is 1. The van der Waals surface area contributed by atoms with E-state index in [-0.39, 0.29) is 5.82 Å². The summed E-state index contributed by atoms with van der Waals surface area (Å²) in [5.41, 5.74) is 8.59. The quantitative estimate of drug-likeness (QED) is 0.765. The van der Waals surface area contributed by atoms with E-state index >= 15 is 0 Å². The molecule has 0 aliphatic heterocycles. The molecule has 2 N–H and O–H groups in total. The molecule has 19 heavy (non-hydrogen) atoms. The van der Waals surface area contributed by atoms with Gasteiger partial charge in [-0.25, -0.2) is 4.39 Å². The summed E-state index contributed by atoms with van der Waals surface area (Å²) < 4.78 is 18.8. The van der Waals surface area contributed by atoms with E-state index in [0.717, 1.165) is 11.3 Å². The average Bonchev–Trinajstić information content (AvgIpc) is 2.81. The number of pyridine rings is 1. The number of nitrogens with zero attached hydrogens (tertiary/aromatic N) is 1. The van der Waals surface area contributed by atoms with Crippen LogP contribution >= 0.6 is 0 Å². The fourth-order valence-electron chi connectivity index (χ4n) is 2.17. The van der Waals surface area contributed by atoms with Gasteiger partial charge in [0.25, 0.3) is 0 Å². The zero-order chi connectivity index (χ0) is 13.4. The highest BCUT2D eigenvalue weighted by Crippen LogP contribution is 2.28. The van der Waals surface area contributed by atoms with Gasteiger partial charge in [0.05, 0.1) is 6.04 Å². The van der Waals surface area contributed by atoms with Crippen molar-refractivity contribution in [2.75, 3.05) is 0 Å². The summed E-state index contributed by atoms with van der Waals surface area (Å²) in [6, 6.07) is 9.54. The molecular formula is C15H13FN2O. The summed E-state index contributed by atoms with van der Waals surface area (Å²) >= 11 is 0. The second-order valence-electron chi connectivity index (χ2n) is 4.49. The molecule has 0 aliphatic carbocycles. The number of benzene rings is 1. The Hall–Kier alpha value is -2.20. The summed E-state index contributed by atoms with van der Waals surface area (Å²) in [5.74, 6) is 0.322. The fraction of sp³-hybridized carbons (Fsp3) is 0.133. The normalized spacial score (nSPS) is 12.8. The topological polar surface area (TPSA) is 52.0 Å². The van der Waals surface area contributed by atoms with Crippen LogP contribution in [0.15, 0.2) is 47.0 Å². The molecule has 0 radical (unpaired) electrons. The van der Waals surface area contributed by atoms with Crippen molar-refractivity contribution in [3.05, 3.63) is 65.4 Å². The maximum Gasteiger partial charge on any atom is 0.134 e. The first-order valence-electron chi connectivity index (χ1n) is 6.01. The molecule has 2 heterocycles. The molecule has 1 atom stereocenters. The Balaban J connectivity index is 2.07. The zero-order valence-corrected chi connectivity index (χ0v) is 10.4. The predicted molar refractivity (Wildman–Crippen MR) is 71.2 cm³/mol. The van der Waals surface area contributed by atoms with Crippen LogP contribution in [0.25, 0.3) is 11.0 Å². The highest BCUT2D eigenvalue weighted by atomic mass is 19.1. The van der Waals surface area contributed by atoms with Crippen LogP contribution in [0.3, 0.4) is 0 Å². The van der Waals surface area contributed by atoms with Crippen LogP contribution in [-0.2, 0) is 0 Å². The summed E-state index contributed by atoms with van der Waals surface area (Å²) in [7, 11) is 0. The van der Waals surface area contributed by atoms with Crippen LogP contribution < -0.4 is 5.73 Å². The minimum absolute atomic E-state index is 0.286. The second-order valence-corrected chi connectivity index (χ2v) is 4.49. The number of aromatic nitrogens is 1. The van der Waals surface area contributed by atoms with E-state index in [0.29, 0.717) is 16.7 Å². The maximum atomic E-state index is 13.2. The van der Waals surface area contributed by atoms with E-state index in [9.17, 15) is 4.39 Å². The molecule has 0 saturated carbocycles. The molecule has 0 saturated heterocycles. The molecule has 96 valence electrons. The summed E-state index contributed by atoms with van der Waals surface area (Å²) in [5, 5.41) is 0.715. The van der Waals surface area contributed by atoms with Crippen molar-refractivity contribution in [1.29, 1.82) is 0 Å². The van der Waals surface area contributed by atoms with Gasteiger partial charge in [-0.15, -0.1) is 0 Å². The van der Waals surface area contributed by atoms with Gasteiger partial charge in [-0.3, -0.25) is 4.98 Å². The van der Waals surface area contributed by atoms with Crippen molar-refractivity contribution < 1.29 is 8.81 Å². The third-order valence-electron chi connectivity index (χ3n) is 3.19. The van der Waals surface area contributed by atoms with E-state index in [1.165, 1.54) is 12.1 Å². The van der Waals surface area contributed by atoms with E-state index in [1.807, 2.05) is 19.1 Å². The van der Waals surface area contributed by atoms with Gasteiger partial charge in [-0.2, -0.15) is 0 Å². The Morgan fingerprint density at radius 3 is 2.89 bits per heavy atom. The van der Waals surface area contributed by atoms with Crippen molar-refractivity contribution in [1.82, 2.24) is 4.98 Å². The van der Waals surface area contributed by atoms with Gasteiger partial charge in [0.2, 0.25) is 0 Å².